The standard InChI is InChI=1S/C24H34O4S/c1-6-19(21-14-17(5)22(29-21)23(25)26)11-9-18-10-12-20(16(4)13-18)28-15-24(27,7-2)8-3/h10,12-14,19,27H,6-9,11,15H2,1-5H3,(H,25,26). The summed E-state index contributed by atoms with van der Waals surface area (Å²) in [6, 6.07) is 8.28. The number of carbonyl (C=O) groups is 1. The lowest BCUT2D eigenvalue weighted by Gasteiger charge is -2.25. The highest BCUT2D eigenvalue weighted by Gasteiger charge is 2.23. The maximum atomic E-state index is 11.3. The van der Waals surface area contributed by atoms with E-state index in [1.54, 1.807) is 0 Å². The van der Waals surface area contributed by atoms with Crippen LogP contribution in [0, 0.1) is 13.8 Å². The summed E-state index contributed by atoms with van der Waals surface area (Å²) in [6.07, 6.45) is 4.26. The molecule has 0 aliphatic heterocycles. The van der Waals surface area contributed by atoms with Crippen LogP contribution in [0.1, 0.15) is 83.6 Å². The number of carboxylic acid groups (broad SMARTS) is 1. The first kappa shape index (κ1) is 23.4. The molecule has 29 heavy (non-hydrogen) atoms. The van der Waals surface area contributed by atoms with Crippen LogP contribution >= 0.6 is 11.3 Å². The summed E-state index contributed by atoms with van der Waals surface area (Å²) in [5.74, 6) is 0.353. The van der Waals surface area contributed by atoms with Crippen LogP contribution < -0.4 is 4.74 Å². The topological polar surface area (TPSA) is 66.8 Å². The number of thiophene rings is 1. The number of rotatable bonds is 11. The van der Waals surface area contributed by atoms with Gasteiger partial charge in [-0.25, -0.2) is 4.79 Å². The summed E-state index contributed by atoms with van der Waals surface area (Å²) >= 11 is 1.41. The van der Waals surface area contributed by atoms with Crippen LogP contribution in [-0.2, 0) is 6.42 Å². The number of hydrogen-bond acceptors (Lipinski definition) is 4. The van der Waals surface area contributed by atoms with Gasteiger partial charge in [-0.15, -0.1) is 11.3 Å². The zero-order valence-corrected chi connectivity index (χ0v) is 19.1. The van der Waals surface area contributed by atoms with E-state index in [4.69, 9.17) is 4.74 Å². The van der Waals surface area contributed by atoms with E-state index in [-0.39, 0.29) is 0 Å². The van der Waals surface area contributed by atoms with Gasteiger partial charge in [-0.2, -0.15) is 0 Å². The largest absolute Gasteiger partial charge is 0.490 e. The fraction of sp³-hybridized carbons (Fsp3) is 0.542. The molecule has 2 rings (SSSR count). The molecule has 2 N–H and O–H groups in total. The van der Waals surface area contributed by atoms with Crippen molar-refractivity contribution < 1.29 is 19.7 Å². The van der Waals surface area contributed by atoms with E-state index in [1.165, 1.54) is 16.9 Å². The molecule has 0 aliphatic rings. The zero-order valence-electron chi connectivity index (χ0n) is 18.2. The highest BCUT2D eigenvalue weighted by atomic mass is 32.1. The van der Waals surface area contributed by atoms with Crippen molar-refractivity contribution in [3.8, 4) is 5.75 Å². The van der Waals surface area contributed by atoms with Crippen molar-refractivity contribution in [1.29, 1.82) is 0 Å². The van der Waals surface area contributed by atoms with Gasteiger partial charge in [0.15, 0.2) is 0 Å². The second-order valence-corrected chi connectivity index (χ2v) is 9.01. The van der Waals surface area contributed by atoms with E-state index >= 15 is 0 Å². The van der Waals surface area contributed by atoms with Crippen molar-refractivity contribution in [2.75, 3.05) is 6.61 Å². The van der Waals surface area contributed by atoms with Crippen LogP contribution in [0.2, 0.25) is 0 Å². The predicted molar refractivity (Wildman–Crippen MR) is 120 cm³/mol. The van der Waals surface area contributed by atoms with Gasteiger partial charge < -0.3 is 14.9 Å². The van der Waals surface area contributed by atoms with Gasteiger partial charge in [0.25, 0.3) is 0 Å². The number of aromatic carboxylic acids is 1. The first-order chi connectivity index (χ1) is 13.7. The molecule has 0 amide bonds. The Labute approximate surface area is 178 Å². The van der Waals surface area contributed by atoms with Gasteiger partial charge in [0.05, 0.1) is 5.60 Å². The summed E-state index contributed by atoms with van der Waals surface area (Å²) in [5, 5.41) is 19.7. The Morgan fingerprint density at radius 3 is 2.34 bits per heavy atom. The molecule has 0 fully saturated rings. The molecule has 1 heterocycles. The Kier molecular flexibility index (Phi) is 8.29. The summed E-state index contributed by atoms with van der Waals surface area (Å²) in [5.41, 5.74) is 2.41. The first-order valence-electron chi connectivity index (χ1n) is 10.5. The number of carboxylic acids is 1. The van der Waals surface area contributed by atoms with Crippen molar-refractivity contribution in [1.82, 2.24) is 0 Å². The van der Waals surface area contributed by atoms with Gasteiger partial charge in [-0.05, 0) is 80.7 Å². The summed E-state index contributed by atoms with van der Waals surface area (Å²) in [6.45, 7) is 10.3. The zero-order chi connectivity index (χ0) is 21.6. The van der Waals surface area contributed by atoms with Crippen molar-refractivity contribution in [2.24, 2.45) is 0 Å². The van der Waals surface area contributed by atoms with Crippen molar-refractivity contribution in [3.63, 3.8) is 0 Å². The molecule has 1 unspecified atom stereocenters. The number of aliphatic hydroxyl groups is 1. The quantitative estimate of drug-likeness (QED) is 0.461. The molecule has 2 aromatic rings. The molecule has 0 saturated carbocycles. The minimum absolute atomic E-state index is 0.307. The van der Waals surface area contributed by atoms with Crippen molar-refractivity contribution in [2.45, 2.75) is 78.2 Å². The van der Waals surface area contributed by atoms with E-state index in [2.05, 4.69) is 19.1 Å². The average Bonchev–Trinajstić information content (AvgIpc) is 3.09. The highest BCUT2D eigenvalue weighted by molar-refractivity contribution is 7.14. The minimum atomic E-state index is -0.835. The van der Waals surface area contributed by atoms with Crippen LogP contribution in [0.15, 0.2) is 24.3 Å². The lowest BCUT2D eigenvalue weighted by atomic mass is 9.94. The van der Waals surface area contributed by atoms with Gasteiger partial charge in [0.2, 0.25) is 0 Å². The molecular formula is C24H34O4S. The molecule has 4 nitrogen and oxygen atoms in total. The Hall–Kier alpha value is -1.85. The molecule has 0 aliphatic carbocycles. The minimum Gasteiger partial charge on any atom is -0.490 e. The molecule has 0 spiro atoms. The third-order valence-corrected chi connectivity index (χ3v) is 7.25. The van der Waals surface area contributed by atoms with Gasteiger partial charge in [-0.1, -0.05) is 32.9 Å². The molecule has 0 bridgehead atoms. The molecule has 0 saturated heterocycles. The first-order valence-corrected chi connectivity index (χ1v) is 11.3. The lowest BCUT2D eigenvalue weighted by Crippen LogP contribution is -2.34. The van der Waals surface area contributed by atoms with E-state index in [0.29, 0.717) is 30.2 Å². The van der Waals surface area contributed by atoms with E-state index in [9.17, 15) is 15.0 Å². The number of ether oxygens (including phenoxy) is 1. The van der Waals surface area contributed by atoms with Gasteiger partial charge >= 0.3 is 5.97 Å². The number of aryl methyl sites for hydroxylation is 3. The Bertz CT molecular complexity index is 820. The monoisotopic (exact) mass is 418 g/mol. The van der Waals surface area contributed by atoms with Crippen LogP contribution in [0.4, 0.5) is 0 Å². The van der Waals surface area contributed by atoms with Crippen LogP contribution in [-0.4, -0.2) is 28.4 Å². The SMILES string of the molecule is CCC(CCc1ccc(OCC(O)(CC)CC)c(C)c1)c1cc(C)c(C(=O)O)s1. The fourth-order valence-corrected chi connectivity index (χ4v) is 4.73. The summed E-state index contributed by atoms with van der Waals surface area (Å²) in [7, 11) is 0. The highest BCUT2D eigenvalue weighted by Crippen LogP contribution is 2.34. The second-order valence-electron chi connectivity index (χ2n) is 7.93. The van der Waals surface area contributed by atoms with Gasteiger partial charge in [-0.3, -0.25) is 0 Å². The normalized spacial score (nSPS) is 12.8. The number of hydrogen-bond donors (Lipinski definition) is 2. The van der Waals surface area contributed by atoms with E-state index < -0.39 is 11.6 Å². The molecular weight excluding hydrogens is 384 g/mol. The predicted octanol–water partition coefficient (Wildman–Crippen LogP) is 6.12. The maximum Gasteiger partial charge on any atom is 0.346 e. The second kappa shape index (κ2) is 10.3. The Morgan fingerprint density at radius 1 is 1.14 bits per heavy atom. The average molecular weight is 419 g/mol. The third-order valence-electron chi connectivity index (χ3n) is 5.86. The summed E-state index contributed by atoms with van der Waals surface area (Å²) in [4.78, 5) is 12.9. The van der Waals surface area contributed by atoms with Crippen molar-refractivity contribution >= 4 is 17.3 Å². The maximum absolute atomic E-state index is 11.3. The molecule has 0 radical (unpaired) electrons. The van der Waals surface area contributed by atoms with Gasteiger partial charge in [0, 0.05) is 4.88 Å². The van der Waals surface area contributed by atoms with Crippen LogP contribution in [0.25, 0.3) is 0 Å². The molecule has 5 heteroatoms. The smallest absolute Gasteiger partial charge is 0.346 e. The lowest BCUT2D eigenvalue weighted by molar-refractivity contribution is -0.0115. The molecule has 1 atom stereocenters. The van der Waals surface area contributed by atoms with Gasteiger partial charge in [0.1, 0.15) is 17.2 Å². The van der Waals surface area contributed by atoms with Crippen LogP contribution in [0.5, 0.6) is 5.75 Å². The molecule has 1 aromatic carbocycles. The number of benzene rings is 1. The van der Waals surface area contributed by atoms with E-state index in [1.807, 2.05) is 39.8 Å². The third kappa shape index (κ3) is 6.06. The molecule has 160 valence electrons. The van der Waals surface area contributed by atoms with Crippen LogP contribution in [0.3, 0.4) is 0 Å². The Balaban J connectivity index is 2.02. The Morgan fingerprint density at radius 2 is 1.83 bits per heavy atom. The van der Waals surface area contributed by atoms with E-state index in [0.717, 1.165) is 41.0 Å². The molecule has 1 aromatic heterocycles. The summed E-state index contributed by atoms with van der Waals surface area (Å²) < 4.78 is 5.89. The van der Waals surface area contributed by atoms with Crippen molar-refractivity contribution in [3.05, 3.63) is 50.7 Å². The fourth-order valence-electron chi connectivity index (χ4n) is 3.50.